The quantitative estimate of drug-likeness (QED) is 0.935. The summed E-state index contributed by atoms with van der Waals surface area (Å²) in [6.45, 7) is 0. The van der Waals surface area contributed by atoms with E-state index in [1.165, 1.54) is 12.1 Å². The van der Waals surface area contributed by atoms with Crippen molar-refractivity contribution in [1.29, 1.82) is 0 Å². The van der Waals surface area contributed by atoms with Crippen LogP contribution >= 0.6 is 0 Å². The van der Waals surface area contributed by atoms with E-state index in [0.29, 0.717) is 6.42 Å². The fourth-order valence-electron chi connectivity index (χ4n) is 2.03. The molecule has 20 heavy (non-hydrogen) atoms. The molecule has 6 heteroatoms. The number of imidazole rings is 1. The van der Waals surface area contributed by atoms with Crippen molar-refractivity contribution in [2.24, 2.45) is 7.05 Å². The van der Waals surface area contributed by atoms with E-state index in [0.717, 1.165) is 23.4 Å². The number of rotatable bonds is 4. The molecule has 3 nitrogen and oxygen atoms in total. The third-order valence-electron chi connectivity index (χ3n) is 3.15. The number of nitrogens with zero attached hydrogens (tertiary/aromatic N) is 2. The summed E-state index contributed by atoms with van der Waals surface area (Å²) in [6, 6.07) is 5.22. The Morgan fingerprint density at radius 3 is 2.35 bits per heavy atom. The summed E-state index contributed by atoms with van der Waals surface area (Å²) in [7, 11) is 3.69. The van der Waals surface area contributed by atoms with Crippen LogP contribution < -0.4 is 5.32 Å². The molecule has 1 atom stereocenters. The van der Waals surface area contributed by atoms with Gasteiger partial charge in [0.2, 0.25) is 0 Å². The molecule has 108 valence electrons. The highest BCUT2D eigenvalue weighted by Gasteiger charge is 2.30. The summed E-state index contributed by atoms with van der Waals surface area (Å²) in [4.78, 5) is 4.26. The third-order valence-corrected chi connectivity index (χ3v) is 3.15. The molecular weight excluding hydrogens is 267 g/mol. The Balaban J connectivity index is 2.12. The van der Waals surface area contributed by atoms with Gasteiger partial charge < -0.3 is 9.88 Å². The Morgan fingerprint density at radius 1 is 1.25 bits per heavy atom. The first-order valence-corrected chi connectivity index (χ1v) is 6.21. The highest BCUT2D eigenvalue weighted by atomic mass is 19.4. The topological polar surface area (TPSA) is 29.9 Å². The number of alkyl halides is 3. The second-order valence-electron chi connectivity index (χ2n) is 4.70. The predicted molar refractivity (Wildman–Crippen MR) is 70.2 cm³/mol. The predicted octanol–water partition coefficient (Wildman–Crippen LogP) is 2.94. The average molecular weight is 283 g/mol. The fraction of sp³-hybridized carbons (Fsp3) is 0.357. The largest absolute Gasteiger partial charge is 0.416 e. The van der Waals surface area contributed by atoms with Crippen LogP contribution in [0.15, 0.2) is 36.8 Å². The third kappa shape index (κ3) is 3.39. The first kappa shape index (κ1) is 14.6. The zero-order valence-electron chi connectivity index (χ0n) is 11.3. The standard InChI is InChI=1S/C14H16F3N3/c1-18-12(13-8-20(2)9-19-13)7-10-3-5-11(6-4-10)14(15,16)17/h3-6,8-9,12,18H,7H2,1-2H3. The molecule has 0 aliphatic carbocycles. The second-order valence-corrected chi connectivity index (χ2v) is 4.70. The highest BCUT2D eigenvalue weighted by Crippen LogP contribution is 2.29. The van der Waals surface area contributed by atoms with Crippen LogP contribution in [0.25, 0.3) is 0 Å². The number of hydrogen-bond acceptors (Lipinski definition) is 2. The fourth-order valence-corrected chi connectivity index (χ4v) is 2.03. The van der Waals surface area contributed by atoms with Crippen molar-refractivity contribution in [3.63, 3.8) is 0 Å². The highest BCUT2D eigenvalue weighted by molar-refractivity contribution is 5.26. The van der Waals surface area contributed by atoms with Gasteiger partial charge >= 0.3 is 6.18 Å². The van der Waals surface area contributed by atoms with Crippen LogP contribution in [0, 0.1) is 0 Å². The SMILES string of the molecule is CNC(Cc1ccc(C(F)(F)F)cc1)c1cn(C)cn1. The van der Waals surface area contributed by atoms with E-state index >= 15 is 0 Å². The molecule has 0 fully saturated rings. The molecule has 0 bridgehead atoms. The Bertz CT molecular complexity index is 558. The molecule has 1 heterocycles. The number of likely N-dealkylation sites (N-methyl/N-ethyl adjacent to an activating group) is 1. The van der Waals surface area contributed by atoms with E-state index in [2.05, 4.69) is 10.3 Å². The zero-order chi connectivity index (χ0) is 14.8. The van der Waals surface area contributed by atoms with E-state index in [4.69, 9.17) is 0 Å². The Morgan fingerprint density at radius 2 is 1.90 bits per heavy atom. The van der Waals surface area contributed by atoms with Gasteiger partial charge in [-0.2, -0.15) is 13.2 Å². The van der Waals surface area contributed by atoms with Crippen molar-refractivity contribution >= 4 is 0 Å². The molecule has 2 rings (SSSR count). The summed E-state index contributed by atoms with van der Waals surface area (Å²) < 4.78 is 39.3. The maximum atomic E-state index is 12.5. The molecule has 1 N–H and O–H groups in total. The lowest BCUT2D eigenvalue weighted by molar-refractivity contribution is -0.137. The lowest BCUT2D eigenvalue weighted by Crippen LogP contribution is -2.19. The van der Waals surface area contributed by atoms with Crippen molar-refractivity contribution in [2.75, 3.05) is 7.05 Å². The van der Waals surface area contributed by atoms with Crippen LogP contribution in [0.3, 0.4) is 0 Å². The second kappa shape index (κ2) is 5.66. The zero-order valence-corrected chi connectivity index (χ0v) is 11.3. The van der Waals surface area contributed by atoms with Crippen molar-refractivity contribution < 1.29 is 13.2 Å². The van der Waals surface area contributed by atoms with Gasteiger partial charge in [-0.3, -0.25) is 0 Å². The van der Waals surface area contributed by atoms with Crippen molar-refractivity contribution in [2.45, 2.75) is 18.6 Å². The number of hydrogen-bond donors (Lipinski definition) is 1. The lowest BCUT2D eigenvalue weighted by atomic mass is 10.0. The van der Waals surface area contributed by atoms with Crippen molar-refractivity contribution in [3.8, 4) is 0 Å². The van der Waals surface area contributed by atoms with E-state index in [1.54, 1.807) is 6.33 Å². The van der Waals surface area contributed by atoms with Gasteiger partial charge in [0, 0.05) is 13.2 Å². The lowest BCUT2D eigenvalue weighted by Gasteiger charge is -2.14. The minimum atomic E-state index is -4.29. The number of benzene rings is 1. The molecule has 0 amide bonds. The number of halogens is 3. The van der Waals surface area contributed by atoms with E-state index in [-0.39, 0.29) is 6.04 Å². The van der Waals surface area contributed by atoms with Crippen LogP contribution in [-0.4, -0.2) is 16.6 Å². The van der Waals surface area contributed by atoms with Gasteiger partial charge in [0.1, 0.15) is 0 Å². The maximum Gasteiger partial charge on any atom is 0.416 e. The smallest absolute Gasteiger partial charge is 0.340 e. The molecule has 0 saturated heterocycles. The normalized spacial score (nSPS) is 13.4. The molecule has 1 aromatic carbocycles. The first-order valence-electron chi connectivity index (χ1n) is 6.21. The monoisotopic (exact) mass is 283 g/mol. The van der Waals surface area contributed by atoms with Crippen LogP contribution in [-0.2, 0) is 19.6 Å². The number of nitrogens with one attached hydrogen (secondary N) is 1. The van der Waals surface area contributed by atoms with Crippen LogP contribution in [0.4, 0.5) is 13.2 Å². The minimum absolute atomic E-state index is 0.0204. The molecule has 1 unspecified atom stereocenters. The molecule has 0 spiro atoms. The Labute approximate surface area is 115 Å². The van der Waals surface area contributed by atoms with Crippen molar-refractivity contribution in [3.05, 3.63) is 53.6 Å². The summed E-state index contributed by atoms with van der Waals surface area (Å²) >= 11 is 0. The molecular formula is C14H16F3N3. The van der Waals surface area contributed by atoms with Gasteiger partial charge in [0.15, 0.2) is 0 Å². The number of aromatic nitrogens is 2. The number of aryl methyl sites for hydroxylation is 1. The summed E-state index contributed by atoms with van der Waals surface area (Å²) in [5, 5.41) is 3.13. The van der Waals surface area contributed by atoms with Gasteiger partial charge in [-0.05, 0) is 31.2 Å². The minimum Gasteiger partial charge on any atom is -0.340 e. The molecule has 0 aliphatic heterocycles. The van der Waals surface area contributed by atoms with Gasteiger partial charge in [0.05, 0.1) is 23.6 Å². The van der Waals surface area contributed by atoms with Gasteiger partial charge in [-0.25, -0.2) is 4.98 Å². The van der Waals surface area contributed by atoms with E-state index in [1.807, 2.05) is 24.9 Å². The van der Waals surface area contributed by atoms with Crippen LogP contribution in [0.5, 0.6) is 0 Å². The summed E-state index contributed by atoms with van der Waals surface area (Å²) in [5.74, 6) is 0. The van der Waals surface area contributed by atoms with Crippen LogP contribution in [0.2, 0.25) is 0 Å². The molecule has 0 saturated carbocycles. The van der Waals surface area contributed by atoms with E-state index < -0.39 is 11.7 Å². The molecule has 2 aromatic rings. The van der Waals surface area contributed by atoms with Gasteiger partial charge in [0.25, 0.3) is 0 Å². The summed E-state index contributed by atoms with van der Waals surface area (Å²) in [5.41, 5.74) is 1.08. The maximum absolute atomic E-state index is 12.5. The van der Waals surface area contributed by atoms with E-state index in [9.17, 15) is 13.2 Å². The van der Waals surface area contributed by atoms with Crippen LogP contribution in [0.1, 0.15) is 22.9 Å². The molecule has 0 radical (unpaired) electrons. The molecule has 1 aromatic heterocycles. The molecule has 0 aliphatic rings. The van der Waals surface area contributed by atoms with Crippen molar-refractivity contribution in [1.82, 2.24) is 14.9 Å². The Kier molecular flexibility index (Phi) is 4.13. The van der Waals surface area contributed by atoms with Gasteiger partial charge in [-0.1, -0.05) is 12.1 Å². The summed E-state index contributed by atoms with van der Waals surface area (Å²) in [6.07, 6.45) is -0.106. The Hall–Kier alpha value is -1.82. The van der Waals surface area contributed by atoms with Gasteiger partial charge in [-0.15, -0.1) is 0 Å². The first-order chi connectivity index (χ1) is 9.40. The average Bonchev–Trinajstić information content (AvgIpc) is 2.82.